The van der Waals surface area contributed by atoms with Crippen molar-refractivity contribution in [2.45, 2.75) is 45.5 Å². The Hall–Kier alpha value is -2.14. The average Bonchev–Trinajstić information content (AvgIpc) is 2.99. The number of halogens is 1. The van der Waals surface area contributed by atoms with E-state index in [4.69, 9.17) is 25.6 Å². The summed E-state index contributed by atoms with van der Waals surface area (Å²) in [6, 6.07) is 4.92. The van der Waals surface area contributed by atoms with Crippen molar-refractivity contribution in [3.05, 3.63) is 34.7 Å². The second-order valence-corrected chi connectivity index (χ2v) is 12.5. The number of carbonyl (C=O) groups is 1. The molecule has 0 spiro atoms. The van der Waals surface area contributed by atoms with E-state index in [1.54, 1.807) is 18.2 Å². The molecule has 0 aliphatic heterocycles. The van der Waals surface area contributed by atoms with E-state index in [0.717, 1.165) is 0 Å². The van der Waals surface area contributed by atoms with Gasteiger partial charge in [-0.2, -0.15) is 0 Å². The van der Waals surface area contributed by atoms with Crippen LogP contribution in [0.5, 0.6) is 0 Å². The zero-order valence-corrected chi connectivity index (χ0v) is 17.1. The quantitative estimate of drug-likeness (QED) is 0.615. The summed E-state index contributed by atoms with van der Waals surface area (Å²) >= 11 is 6.14. The summed E-state index contributed by atoms with van der Waals surface area (Å²) in [7, 11) is -1.90. The Morgan fingerprint density at radius 1 is 1.35 bits per heavy atom. The fourth-order valence-corrected chi connectivity index (χ4v) is 2.90. The van der Waals surface area contributed by atoms with E-state index >= 15 is 0 Å². The lowest BCUT2D eigenvalue weighted by Crippen LogP contribution is -2.40. The maximum absolute atomic E-state index is 10.5. The molecule has 0 aliphatic rings. The lowest BCUT2D eigenvalue weighted by Gasteiger charge is -2.35. The Kier molecular flexibility index (Phi) is 5.91. The van der Waals surface area contributed by atoms with Gasteiger partial charge in [-0.3, -0.25) is 0 Å². The van der Waals surface area contributed by atoms with Gasteiger partial charge in [-0.25, -0.2) is 4.79 Å². The van der Waals surface area contributed by atoms with Crippen LogP contribution < -0.4 is 0 Å². The molecule has 2 rings (SSSR count). The van der Waals surface area contributed by atoms with Crippen molar-refractivity contribution in [3.63, 3.8) is 0 Å². The van der Waals surface area contributed by atoms with Crippen LogP contribution in [0.25, 0.3) is 11.5 Å². The molecular formula is C18H21ClN2O4Si. The maximum Gasteiger partial charge on any atom is 0.382 e. The number of aliphatic carboxylic acids is 1. The van der Waals surface area contributed by atoms with Crippen LogP contribution >= 0.6 is 11.6 Å². The van der Waals surface area contributed by atoms with Crippen LogP contribution in [0.15, 0.2) is 22.6 Å². The van der Waals surface area contributed by atoms with Gasteiger partial charge in [0, 0.05) is 17.0 Å². The lowest BCUT2D eigenvalue weighted by atomic mass is 10.1. The van der Waals surface area contributed by atoms with Gasteiger partial charge in [-0.1, -0.05) is 38.3 Å². The summed E-state index contributed by atoms with van der Waals surface area (Å²) in [5.41, 5.74) is 1.04. The van der Waals surface area contributed by atoms with Gasteiger partial charge >= 0.3 is 5.97 Å². The lowest BCUT2D eigenvalue weighted by molar-refractivity contribution is -0.130. The third kappa shape index (κ3) is 4.94. The van der Waals surface area contributed by atoms with Gasteiger partial charge in [0.05, 0.1) is 5.02 Å². The maximum atomic E-state index is 10.5. The SMILES string of the molecule is CC(C)(C)[Si](C)(C)OCc1nnc(-c2ccc(C#CC(=O)O)c(Cl)c2)o1. The van der Waals surface area contributed by atoms with Gasteiger partial charge in [0.15, 0.2) is 8.32 Å². The highest BCUT2D eigenvalue weighted by Gasteiger charge is 2.37. The molecule has 0 aliphatic carbocycles. The molecule has 0 radical (unpaired) electrons. The molecule has 1 N–H and O–H groups in total. The fourth-order valence-electron chi connectivity index (χ4n) is 1.76. The average molecular weight is 393 g/mol. The topological polar surface area (TPSA) is 85.5 Å². The number of aromatic nitrogens is 2. The van der Waals surface area contributed by atoms with E-state index in [-0.39, 0.29) is 11.6 Å². The van der Waals surface area contributed by atoms with Gasteiger partial charge in [-0.05, 0) is 36.3 Å². The molecule has 1 aromatic carbocycles. The standard InChI is InChI=1S/C18H21ClN2O4Si/c1-18(2,3)26(4,5)24-11-15-20-21-17(25-15)13-7-6-12(14(19)10-13)8-9-16(22)23/h6-7,10H,11H2,1-5H3,(H,22,23). The zero-order valence-electron chi connectivity index (χ0n) is 15.4. The molecule has 0 saturated carbocycles. The molecule has 6 nitrogen and oxygen atoms in total. The summed E-state index contributed by atoms with van der Waals surface area (Å²) < 4.78 is 11.7. The third-order valence-electron chi connectivity index (χ3n) is 4.35. The van der Waals surface area contributed by atoms with Gasteiger partial charge in [0.1, 0.15) is 6.61 Å². The normalized spacial score (nSPS) is 11.8. The summed E-state index contributed by atoms with van der Waals surface area (Å²) in [5.74, 6) is 4.01. The van der Waals surface area contributed by atoms with Crippen molar-refractivity contribution in [1.29, 1.82) is 0 Å². The molecular weight excluding hydrogens is 372 g/mol. The van der Waals surface area contributed by atoms with E-state index in [9.17, 15) is 4.79 Å². The molecule has 0 unspecified atom stereocenters. The van der Waals surface area contributed by atoms with Crippen molar-refractivity contribution < 1.29 is 18.7 Å². The van der Waals surface area contributed by atoms with E-state index in [1.165, 1.54) is 0 Å². The van der Waals surface area contributed by atoms with Gasteiger partial charge in [-0.15, -0.1) is 10.2 Å². The van der Waals surface area contributed by atoms with E-state index in [0.29, 0.717) is 27.9 Å². The van der Waals surface area contributed by atoms with E-state index in [1.807, 2.05) is 5.92 Å². The van der Waals surface area contributed by atoms with Crippen LogP contribution in [0.3, 0.4) is 0 Å². The first-order valence-corrected chi connectivity index (χ1v) is 11.3. The first-order chi connectivity index (χ1) is 12.0. The number of nitrogens with zero attached hydrogens (tertiary/aromatic N) is 2. The summed E-state index contributed by atoms with van der Waals surface area (Å²) in [5, 5.41) is 17.1. The minimum Gasteiger partial charge on any atom is -0.472 e. The molecule has 0 fully saturated rings. The summed E-state index contributed by atoms with van der Waals surface area (Å²) in [6.07, 6.45) is 0. The van der Waals surface area contributed by atoms with E-state index in [2.05, 4.69) is 50.0 Å². The molecule has 0 amide bonds. The molecule has 1 heterocycles. The smallest absolute Gasteiger partial charge is 0.382 e. The van der Waals surface area contributed by atoms with Crippen LogP contribution in [-0.2, 0) is 15.8 Å². The van der Waals surface area contributed by atoms with Gasteiger partial charge in [0.25, 0.3) is 0 Å². The molecule has 1 aromatic heterocycles. The van der Waals surface area contributed by atoms with E-state index < -0.39 is 14.3 Å². The van der Waals surface area contributed by atoms with Gasteiger partial charge in [0.2, 0.25) is 11.8 Å². The van der Waals surface area contributed by atoms with Crippen molar-refractivity contribution in [2.24, 2.45) is 0 Å². The first-order valence-electron chi connectivity index (χ1n) is 8.01. The Morgan fingerprint density at radius 3 is 2.62 bits per heavy atom. The first kappa shape index (κ1) is 20.2. The number of carboxylic acid groups (broad SMARTS) is 1. The largest absolute Gasteiger partial charge is 0.472 e. The number of hydrogen-bond acceptors (Lipinski definition) is 5. The van der Waals surface area contributed by atoms with Crippen LogP contribution in [0, 0.1) is 11.8 Å². The summed E-state index contributed by atoms with van der Waals surface area (Å²) in [6.45, 7) is 11.1. The van der Waals surface area contributed by atoms with Crippen LogP contribution in [0.2, 0.25) is 23.2 Å². The number of benzene rings is 1. The molecule has 8 heteroatoms. The molecule has 26 heavy (non-hydrogen) atoms. The number of carboxylic acids is 1. The molecule has 2 aromatic rings. The number of hydrogen-bond donors (Lipinski definition) is 1. The molecule has 0 bridgehead atoms. The summed E-state index contributed by atoms with van der Waals surface area (Å²) in [4.78, 5) is 10.5. The highest BCUT2D eigenvalue weighted by Crippen LogP contribution is 2.37. The fraction of sp³-hybridized carbons (Fsp3) is 0.389. The minimum atomic E-state index is -1.90. The monoisotopic (exact) mass is 392 g/mol. The Morgan fingerprint density at radius 2 is 2.04 bits per heavy atom. The predicted octanol–water partition coefficient (Wildman–Crippen LogP) is 4.35. The second kappa shape index (κ2) is 7.62. The van der Waals surface area contributed by atoms with Crippen LogP contribution in [0.1, 0.15) is 32.2 Å². The minimum absolute atomic E-state index is 0.0934. The molecule has 138 valence electrons. The van der Waals surface area contributed by atoms with Crippen molar-refractivity contribution >= 4 is 25.9 Å². The highest BCUT2D eigenvalue weighted by molar-refractivity contribution is 6.74. The Balaban J connectivity index is 2.14. The zero-order chi connectivity index (χ0) is 19.5. The van der Waals surface area contributed by atoms with Crippen LogP contribution in [-0.4, -0.2) is 29.6 Å². The highest BCUT2D eigenvalue weighted by atomic mass is 35.5. The Bertz CT molecular complexity index is 875. The van der Waals surface area contributed by atoms with Crippen molar-refractivity contribution in [1.82, 2.24) is 10.2 Å². The number of rotatable bonds is 4. The van der Waals surface area contributed by atoms with Crippen molar-refractivity contribution in [2.75, 3.05) is 0 Å². The van der Waals surface area contributed by atoms with Gasteiger partial charge < -0.3 is 13.9 Å². The molecule has 0 atom stereocenters. The second-order valence-electron chi connectivity index (χ2n) is 7.30. The molecule has 0 saturated heterocycles. The van der Waals surface area contributed by atoms with Crippen molar-refractivity contribution in [3.8, 4) is 23.3 Å². The Labute approximate surface area is 158 Å². The predicted molar refractivity (Wildman–Crippen MR) is 101 cm³/mol. The van der Waals surface area contributed by atoms with Crippen LogP contribution in [0.4, 0.5) is 0 Å². The third-order valence-corrected chi connectivity index (χ3v) is 9.14.